The molecule has 6 heteroatoms. The third-order valence-corrected chi connectivity index (χ3v) is 4.56. The van der Waals surface area contributed by atoms with Gasteiger partial charge in [-0.3, -0.25) is 0 Å². The predicted octanol–water partition coefficient (Wildman–Crippen LogP) is 4.44. The second-order valence-electron chi connectivity index (χ2n) is 6.47. The summed E-state index contributed by atoms with van der Waals surface area (Å²) in [5.41, 5.74) is 6.55. The first-order valence-corrected chi connectivity index (χ1v) is 8.63. The predicted molar refractivity (Wildman–Crippen MR) is 108 cm³/mol. The third-order valence-electron chi connectivity index (χ3n) is 4.56. The van der Waals surface area contributed by atoms with E-state index in [1.54, 1.807) is 12.1 Å². The van der Waals surface area contributed by atoms with Crippen LogP contribution in [-0.4, -0.2) is 19.9 Å². The minimum atomic E-state index is 0.263. The van der Waals surface area contributed by atoms with E-state index >= 15 is 0 Å². The first-order valence-electron chi connectivity index (χ1n) is 8.63. The number of hydrogen-bond acceptors (Lipinski definition) is 4. The van der Waals surface area contributed by atoms with Gasteiger partial charge in [-0.05, 0) is 60.7 Å². The quantitative estimate of drug-likeness (QED) is 0.483. The van der Waals surface area contributed by atoms with Gasteiger partial charge in [0.25, 0.3) is 0 Å². The first kappa shape index (κ1) is 15.8. The average molecular weight is 360 g/mol. The van der Waals surface area contributed by atoms with E-state index in [1.807, 2.05) is 48.6 Å². The molecule has 5 rings (SSSR count). The molecule has 0 atom stereocenters. The highest BCUT2D eigenvalue weighted by Gasteiger charge is 2.20. The van der Waals surface area contributed by atoms with Crippen LogP contribution in [0.2, 0.25) is 0 Å². The molecule has 0 radical (unpaired) electrons. The van der Waals surface area contributed by atoms with Gasteiger partial charge in [-0.15, -0.1) is 0 Å². The van der Waals surface area contributed by atoms with Crippen molar-refractivity contribution in [2.45, 2.75) is 0 Å². The lowest BCUT2D eigenvalue weighted by atomic mass is 10.1. The lowest BCUT2D eigenvalue weighted by Gasteiger charge is -1.89. The zero-order chi connectivity index (χ0) is 19.1. The summed E-state index contributed by atoms with van der Waals surface area (Å²) < 4.78 is 0. The fourth-order valence-corrected chi connectivity index (χ4v) is 3.30. The molecule has 0 fully saturated rings. The molecule has 130 valence electrons. The number of nitrogens with one attached hydrogen (secondary N) is 2. The van der Waals surface area contributed by atoms with Gasteiger partial charge in [-0.25, -0.2) is 9.97 Å². The van der Waals surface area contributed by atoms with E-state index < -0.39 is 0 Å². The van der Waals surface area contributed by atoms with Gasteiger partial charge in [0, 0.05) is 22.1 Å². The number of fused-ring (bicyclic) bond motifs is 8. The summed E-state index contributed by atoms with van der Waals surface area (Å²) in [5.74, 6) is 0. The summed E-state index contributed by atoms with van der Waals surface area (Å²) in [6, 6.07) is 19.5. The summed E-state index contributed by atoms with van der Waals surface area (Å²) in [5, 5.41) is 19.1. The minimum Gasteiger partial charge on any atom is -0.355 e. The van der Waals surface area contributed by atoms with Crippen molar-refractivity contribution in [1.82, 2.24) is 19.9 Å². The lowest BCUT2D eigenvalue weighted by Crippen LogP contribution is -1.81. The third kappa shape index (κ3) is 2.66. The van der Waals surface area contributed by atoms with Crippen LogP contribution in [0.1, 0.15) is 22.8 Å². The molecule has 2 aliphatic heterocycles. The van der Waals surface area contributed by atoms with Gasteiger partial charge in [0.2, 0.25) is 0 Å². The summed E-state index contributed by atoms with van der Waals surface area (Å²) in [4.78, 5) is 15.7. The molecule has 3 aromatic rings. The second-order valence-corrected chi connectivity index (χ2v) is 6.47. The molecular formula is C22H12N6. The SMILES string of the molecule is N#CC1=C(C#N)c2cc3ccc(cc4ccc(cc5nc(cc1n2)C=C5)[nH]4)[nH]3. The van der Waals surface area contributed by atoms with Crippen LogP contribution in [0, 0.1) is 22.7 Å². The van der Waals surface area contributed by atoms with Crippen LogP contribution in [0.5, 0.6) is 0 Å². The van der Waals surface area contributed by atoms with Crippen molar-refractivity contribution in [3.63, 3.8) is 0 Å². The monoisotopic (exact) mass is 360 g/mol. The highest BCUT2D eigenvalue weighted by Crippen LogP contribution is 2.29. The van der Waals surface area contributed by atoms with E-state index in [9.17, 15) is 10.5 Å². The Morgan fingerprint density at radius 3 is 1.71 bits per heavy atom. The Labute approximate surface area is 159 Å². The number of nitrogens with zero attached hydrogens (tertiary/aromatic N) is 4. The van der Waals surface area contributed by atoms with Gasteiger partial charge in [-0.2, -0.15) is 10.5 Å². The van der Waals surface area contributed by atoms with Gasteiger partial charge in [0.05, 0.1) is 33.9 Å². The number of nitriles is 2. The van der Waals surface area contributed by atoms with Crippen molar-refractivity contribution in [2.75, 3.05) is 0 Å². The molecular weight excluding hydrogens is 348 g/mol. The molecule has 8 bridgehead atoms. The lowest BCUT2D eigenvalue weighted by molar-refractivity contribution is 1.27. The number of allylic oxidation sites excluding steroid dienone is 2. The molecule has 0 aliphatic carbocycles. The number of H-pyrrole nitrogens is 2. The van der Waals surface area contributed by atoms with Crippen molar-refractivity contribution < 1.29 is 0 Å². The van der Waals surface area contributed by atoms with Gasteiger partial charge in [0.1, 0.15) is 12.1 Å². The van der Waals surface area contributed by atoms with E-state index in [4.69, 9.17) is 0 Å². The second kappa shape index (κ2) is 6.08. The van der Waals surface area contributed by atoms with Crippen LogP contribution < -0.4 is 0 Å². The summed E-state index contributed by atoms with van der Waals surface area (Å²) in [6.07, 6.45) is 3.76. The Bertz CT molecular complexity index is 1430. The molecule has 0 saturated heterocycles. The average Bonchev–Trinajstić information content (AvgIpc) is 3.45. The van der Waals surface area contributed by atoms with Crippen molar-refractivity contribution >= 4 is 45.4 Å². The van der Waals surface area contributed by atoms with Crippen molar-refractivity contribution in [3.05, 3.63) is 71.3 Å². The molecule has 0 spiro atoms. The summed E-state index contributed by atoms with van der Waals surface area (Å²) in [6.45, 7) is 0. The van der Waals surface area contributed by atoms with Crippen LogP contribution >= 0.6 is 0 Å². The van der Waals surface area contributed by atoms with E-state index in [2.05, 4.69) is 32.1 Å². The molecule has 0 unspecified atom stereocenters. The Hall–Kier alpha value is -4.42. The van der Waals surface area contributed by atoms with Crippen LogP contribution in [0.3, 0.4) is 0 Å². The van der Waals surface area contributed by atoms with Crippen molar-refractivity contribution in [1.29, 1.82) is 10.5 Å². The molecule has 2 aliphatic rings. The number of rotatable bonds is 0. The molecule has 6 nitrogen and oxygen atoms in total. The molecule has 28 heavy (non-hydrogen) atoms. The maximum absolute atomic E-state index is 9.57. The van der Waals surface area contributed by atoms with E-state index in [1.165, 1.54) is 0 Å². The smallest absolute Gasteiger partial charge is 0.103 e. The fourth-order valence-electron chi connectivity index (χ4n) is 3.30. The highest BCUT2D eigenvalue weighted by atomic mass is 14.8. The molecule has 0 amide bonds. The molecule has 2 N–H and O–H groups in total. The minimum absolute atomic E-state index is 0.263. The maximum atomic E-state index is 9.57. The Morgan fingerprint density at radius 1 is 0.607 bits per heavy atom. The molecule has 5 heterocycles. The van der Waals surface area contributed by atoms with Crippen LogP contribution in [0.25, 0.3) is 45.4 Å². The number of aromatic amines is 2. The molecule has 3 aromatic heterocycles. The number of hydrogen-bond donors (Lipinski definition) is 2. The first-order chi connectivity index (χ1) is 13.7. The van der Waals surface area contributed by atoms with Crippen molar-refractivity contribution in [2.24, 2.45) is 0 Å². The number of aromatic nitrogens is 4. The van der Waals surface area contributed by atoms with Crippen LogP contribution in [-0.2, 0) is 0 Å². The van der Waals surface area contributed by atoms with Crippen LogP contribution in [0.4, 0.5) is 0 Å². The molecule has 0 aromatic carbocycles. The summed E-state index contributed by atoms with van der Waals surface area (Å²) >= 11 is 0. The van der Waals surface area contributed by atoms with E-state index in [0.29, 0.717) is 17.1 Å². The summed E-state index contributed by atoms with van der Waals surface area (Å²) in [7, 11) is 0. The van der Waals surface area contributed by atoms with Gasteiger partial charge in [-0.1, -0.05) is 0 Å². The zero-order valence-electron chi connectivity index (χ0n) is 14.6. The van der Waals surface area contributed by atoms with Crippen molar-refractivity contribution in [3.8, 4) is 12.1 Å². The fraction of sp³-hybridized carbons (Fsp3) is 0. The maximum Gasteiger partial charge on any atom is 0.103 e. The largest absolute Gasteiger partial charge is 0.355 e. The Kier molecular flexibility index (Phi) is 3.43. The zero-order valence-corrected chi connectivity index (χ0v) is 14.6. The van der Waals surface area contributed by atoms with Gasteiger partial charge in [0.15, 0.2) is 0 Å². The normalized spacial score (nSPS) is 12.6. The van der Waals surface area contributed by atoms with Crippen LogP contribution in [0.15, 0.2) is 48.5 Å². The van der Waals surface area contributed by atoms with E-state index in [0.717, 1.165) is 27.8 Å². The molecule has 0 saturated carbocycles. The van der Waals surface area contributed by atoms with Gasteiger partial charge < -0.3 is 9.97 Å². The standard InChI is InChI=1S/C22H12N6/c23-11-19-20(12-24)22-10-18-6-4-16(27-18)8-14-2-1-13(25-14)7-15-3-5-17(26-15)9-21(19)28-22/h1-10,25-26H. The Balaban J connectivity index is 1.90. The van der Waals surface area contributed by atoms with Gasteiger partial charge >= 0.3 is 0 Å². The highest BCUT2D eigenvalue weighted by molar-refractivity contribution is 6.04. The topological polar surface area (TPSA) is 105 Å². The Morgan fingerprint density at radius 2 is 1.11 bits per heavy atom. The van der Waals surface area contributed by atoms with E-state index in [-0.39, 0.29) is 11.1 Å².